The topological polar surface area (TPSA) is 17.1 Å². The van der Waals surface area contributed by atoms with Crippen LogP contribution in [0, 0.1) is 0 Å². The summed E-state index contributed by atoms with van der Waals surface area (Å²) in [6.07, 6.45) is -6.37. The highest BCUT2D eigenvalue weighted by Crippen LogP contribution is 2.48. The minimum Gasteiger partial charge on any atom is -0.289 e. The van der Waals surface area contributed by atoms with Crippen LogP contribution in [0.1, 0.15) is 6.42 Å². The van der Waals surface area contributed by atoms with Crippen LogP contribution in [0.5, 0.6) is 0 Å². The zero-order chi connectivity index (χ0) is 11.8. The van der Waals surface area contributed by atoms with Crippen LogP contribution >= 0.6 is 58.0 Å². The van der Waals surface area contributed by atoms with Crippen LogP contribution in [0.2, 0.25) is 0 Å². The van der Waals surface area contributed by atoms with Gasteiger partial charge < -0.3 is 0 Å². The minimum absolute atomic E-state index is 1.32. The van der Waals surface area contributed by atoms with E-state index in [2.05, 4.69) is 0 Å². The first kappa shape index (κ1) is 14.9. The third-order valence-electron chi connectivity index (χ3n) is 1.11. The molecule has 0 aliphatic rings. The fourth-order valence-corrected chi connectivity index (χ4v) is 0.845. The lowest BCUT2D eigenvalue weighted by atomic mass is 10.2. The van der Waals surface area contributed by atoms with Gasteiger partial charge in [0.25, 0.3) is 0 Å². The Balaban J connectivity index is 4.62. The molecule has 0 saturated heterocycles. The van der Waals surface area contributed by atoms with Crippen molar-refractivity contribution >= 4 is 63.8 Å². The Bertz CT molecular complexity index is 231. The van der Waals surface area contributed by atoms with E-state index in [-0.39, 0.29) is 0 Å². The summed E-state index contributed by atoms with van der Waals surface area (Å²) in [6.45, 7) is 0. The molecular formula is C5H2Cl5F3O. The maximum absolute atomic E-state index is 11.8. The van der Waals surface area contributed by atoms with Gasteiger partial charge in [-0.1, -0.05) is 58.0 Å². The molecule has 14 heavy (non-hydrogen) atoms. The number of hydrogen-bond donors (Lipinski definition) is 0. The predicted octanol–water partition coefficient (Wildman–Crippen LogP) is 4.05. The number of ketones is 1. The summed E-state index contributed by atoms with van der Waals surface area (Å²) in [5.41, 5.74) is 0. The summed E-state index contributed by atoms with van der Waals surface area (Å²) in [4.78, 5) is 10.5. The van der Waals surface area contributed by atoms with E-state index in [0.717, 1.165) is 0 Å². The van der Waals surface area contributed by atoms with Gasteiger partial charge in [-0.25, -0.2) is 0 Å². The maximum atomic E-state index is 11.8. The largest absolute Gasteiger partial charge is 0.450 e. The highest BCUT2D eigenvalue weighted by molar-refractivity contribution is 6.75. The number of carbonyl (C=O) groups is 1. The lowest BCUT2D eigenvalue weighted by Gasteiger charge is -2.26. The van der Waals surface area contributed by atoms with Crippen LogP contribution in [0.25, 0.3) is 0 Å². The van der Waals surface area contributed by atoms with Crippen molar-refractivity contribution in [2.24, 2.45) is 0 Å². The average Bonchev–Trinajstić information content (AvgIpc) is 1.80. The van der Waals surface area contributed by atoms with Crippen LogP contribution in [0.4, 0.5) is 13.2 Å². The van der Waals surface area contributed by atoms with Gasteiger partial charge in [-0.3, -0.25) is 4.79 Å². The Morgan fingerprint density at radius 2 is 1.36 bits per heavy atom. The molecule has 0 radical (unpaired) electrons. The van der Waals surface area contributed by atoms with Crippen molar-refractivity contribution in [3.8, 4) is 0 Å². The highest BCUT2D eigenvalue weighted by atomic mass is 35.6. The van der Waals surface area contributed by atoms with Gasteiger partial charge in [-0.2, -0.15) is 13.2 Å². The number of alkyl halides is 8. The van der Waals surface area contributed by atoms with Gasteiger partial charge >= 0.3 is 6.18 Å². The number of hydrogen-bond acceptors (Lipinski definition) is 1. The second-order valence-corrected chi connectivity index (χ2v) is 6.07. The molecule has 0 aliphatic heterocycles. The fourth-order valence-electron chi connectivity index (χ4n) is 0.402. The Morgan fingerprint density at radius 3 is 1.57 bits per heavy atom. The maximum Gasteiger partial charge on any atom is 0.450 e. The molecule has 0 aliphatic carbocycles. The monoisotopic (exact) mass is 310 g/mol. The van der Waals surface area contributed by atoms with Gasteiger partial charge in [0.1, 0.15) is 0 Å². The molecular weight excluding hydrogens is 310 g/mol. The normalized spacial score (nSPS) is 14.3. The second-order valence-electron chi connectivity index (χ2n) is 2.30. The van der Waals surface area contributed by atoms with E-state index in [1.54, 1.807) is 0 Å². The standard InChI is InChI=1S/C5H2Cl5F3O/c6-3(7,5(8,9)10)1-2(14)4(11,12)13/h1H2. The minimum atomic E-state index is -5.05. The molecule has 9 heteroatoms. The van der Waals surface area contributed by atoms with Crippen LogP contribution in [-0.4, -0.2) is 20.1 Å². The predicted molar refractivity (Wildman–Crippen MR) is 50.4 cm³/mol. The third-order valence-corrected chi connectivity index (χ3v) is 3.50. The van der Waals surface area contributed by atoms with Crippen molar-refractivity contribution in [2.75, 3.05) is 0 Å². The first-order valence-electron chi connectivity index (χ1n) is 2.92. The van der Waals surface area contributed by atoms with Gasteiger partial charge in [0, 0.05) is 0 Å². The average molecular weight is 312 g/mol. The van der Waals surface area contributed by atoms with E-state index in [4.69, 9.17) is 58.0 Å². The smallest absolute Gasteiger partial charge is 0.289 e. The number of halogens is 8. The molecule has 0 saturated carbocycles. The van der Waals surface area contributed by atoms with E-state index >= 15 is 0 Å². The lowest BCUT2D eigenvalue weighted by Crippen LogP contribution is -2.37. The van der Waals surface area contributed by atoms with Gasteiger partial charge in [-0.15, -0.1) is 0 Å². The Kier molecular flexibility index (Phi) is 4.70. The molecule has 0 amide bonds. The van der Waals surface area contributed by atoms with Gasteiger partial charge in [-0.05, 0) is 0 Å². The van der Waals surface area contributed by atoms with Gasteiger partial charge in [0.15, 0.2) is 4.33 Å². The molecule has 0 aromatic rings. The van der Waals surface area contributed by atoms with Crippen molar-refractivity contribution in [3.05, 3.63) is 0 Å². The lowest BCUT2D eigenvalue weighted by molar-refractivity contribution is -0.171. The Labute approximate surface area is 102 Å². The molecule has 0 rings (SSSR count). The summed E-state index contributed by atoms with van der Waals surface area (Å²) in [5, 5.41) is 0. The molecule has 0 unspecified atom stereocenters. The molecule has 0 heterocycles. The summed E-state index contributed by atoms with van der Waals surface area (Å²) >= 11 is 26.0. The zero-order valence-corrected chi connectivity index (χ0v) is 9.92. The Hall–Kier alpha value is 0.910. The molecule has 0 fully saturated rings. The van der Waals surface area contributed by atoms with Gasteiger partial charge in [0.05, 0.1) is 6.42 Å². The SMILES string of the molecule is O=C(CC(Cl)(Cl)C(Cl)(Cl)Cl)C(F)(F)F. The molecule has 0 N–H and O–H groups in total. The summed E-state index contributed by atoms with van der Waals surface area (Å²) in [7, 11) is 0. The van der Waals surface area contributed by atoms with Crippen molar-refractivity contribution in [1.29, 1.82) is 0 Å². The second kappa shape index (κ2) is 4.42. The molecule has 0 spiro atoms. The first-order chi connectivity index (χ1) is 5.88. The molecule has 0 atom stereocenters. The number of Topliss-reactive ketones (excluding diaryl/α,β-unsaturated/α-hetero) is 1. The van der Waals surface area contributed by atoms with Crippen molar-refractivity contribution < 1.29 is 18.0 Å². The summed E-state index contributed by atoms with van der Waals surface area (Å²) in [5.74, 6) is -2.16. The number of carbonyl (C=O) groups excluding carboxylic acids is 1. The van der Waals surface area contributed by atoms with E-state index in [9.17, 15) is 18.0 Å². The van der Waals surface area contributed by atoms with Crippen LogP contribution < -0.4 is 0 Å². The Morgan fingerprint density at radius 1 is 1.00 bits per heavy atom. The summed E-state index contributed by atoms with van der Waals surface area (Å²) < 4.78 is 30.5. The molecule has 1 nitrogen and oxygen atoms in total. The molecule has 0 aromatic heterocycles. The first-order valence-corrected chi connectivity index (χ1v) is 4.81. The molecule has 84 valence electrons. The number of rotatable bonds is 2. The van der Waals surface area contributed by atoms with Crippen molar-refractivity contribution in [3.63, 3.8) is 0 Å². The fraction of sp³-hybridized carbons (Fsp3) is 0.800. The van der Waals surface area contributed by atoms with Crippen LogP contribution in [-0.2, 0) is 4.79 Å². The zero-order valence-electron chi connectivity index (χ0n) is 6.14. The highest BCUT2D eigenvalue weighted by Gasteiger charge is 2.51. The van der Waals surface area contributed by atoms with E-state index in [1.165, 1.54) is 0 Å². The van der Waals surface area contributed by atoms with E-state index in [1.807, 2.05) is 0 Å². The van der Waals surface area contributed by atoms with E-state index < -0.39 is 26.5 Å². The molecule has 0 bridgehead atoms. The summed E-state index contributed by atoms with van der Waals surface area (Å²) in [6, 6.07) is 0. The van der Waals surface area contributed by atoms with Crippen molar-refractivity contribution in [2.45, 2.75) is 20.7 Å². The van der Waals surface area contributed by atoms with Gasteiger partial charge in [0.2, 0.25) is 9.58 Å². The van der Waals surface area contributed by atoms with Crippen LogP contribution in [0.15, 0.2) is 0 Å². The third kappa shape index (κ3) is 4.19. The molecule has 0 aromatic carbocycles. The van der Waals surface area contributed by atoms with E-state index in [0.29, 0.717) is 0 Å². The van der Waals surface area contributed by atoms with Crippen molar-refractivity contribution in [1.82, 2.24) is 0 Å². The van der Waals surface area contributed by atoms with Crippen LogP contribution in [0.3, 0.4) is 0 Å². The quantitative estimate of drug-likeness (QED) is 0.703.